The summed E-state index contributed by atoms with van der Waals surface area (Å²) in [5.41, 5.74) is 0.656. The highest BCUT2D eigenvalue weighted by Gasteiger charge is 2.25. The maximum absolute atomic E-state index is 13.9. The van der Waals surface area contributed by atoms with Gasteiger partial charge in [-0.15, -0.1) is 0 Å². The number of ketones is 1. The standard InChI is InChI=1S/C16H14FN5O/c1-9-19-15-12(14(23)11-4-2-3-5-13(11)17)8-18-22(15)16(20-9)21-10-6-7-10/h2-5,8,10H,6-7H2,1H3,(H,19,20,21). The zero-order valence-electron chi connectivity index (χ0n) is 12.5. The van der Waals surface area contributed by atoms with Crippen LogP contribution in [0.15, 0.2) is 30.5 Å². The topological polar surface area (TPSA) is 72.2 Å². The molecule has 0 amide bonds. The number of rotatable bonds is 4. The number of benzene rings is 1. The third kappa shape index (κ3) is 2.44. The monoisotopic (exact) mass is 311 g/mol. The molecule has 23 heavy (non-hydrogen) atoms. The number of carbonyl (C=O) groups excluding carboxylic acids is 1. The SMILES string of the molecule is Cc1nc(NC2CC2)n2ncc(C(=O)c3ccccc3F)c2n1. The predicted octanol–water partition coefficient (Wildman–Crippen LogP) is 2.38. The smallest absolute Gasteiger partial charge is 0.227 e. The number of nitrogens with one attached hydrogen (secondary N) is 1. The van der Waals surface area contributed by atoms with Crippen molar-refractivity contribution in [1.82, 2.24) is 19.6 Å². The molecule has 0 bridgehead atoms. The molecule has 1 aromatic carbocycles. The zero-order valence-corrected chi connectivity index (χ0v) is 12.5. The maximum atomic E-state index is 13.9. The van der Waals surface area contributed by atoms with Crippen molar-refractivity contribution in [2.24, 2.45) is 0 Å². The molecule has 0 spiro atoms. The number of nitrogens with zero attached hydrogens (tertiary/aromatic N) is 4. The number of anilines is 1. The van der Waals surface area contributed by atoms with E-state index in [2.05, 4.69) is 20.4 Å². The van der Waals surface area contributed by atoms with Gasteiger partial charge >= 0.3 is 0 Å². The summed E-state index contributed by atoms with van der Waals surface area (Å²) in [6, 6.07) is 6.29. The van der Waals surface area contributed by atoms with Crippen molar-refractivity contribution < 1.29 is 9.18 Å². The second kappa shape index (κ2) is 5.12. The van der Waals surface area contributed by atoms with Gasteiger partial charge in [-0.3, -0.25) is 4.79 Å². The molecule has 6 nitrogen and oxygen atoms in total. The number of halogens is 1. The summed E-state index contributed by atoms with van der Waals surface area (Å²) in [6.07, 6.45) is 3.59. The summed E-state index contributed by atoms with van der Waals surface area (Å²) >= 11 is 0. The van der Waals surface area contributed by atoms with Gasteiger partial charge in [-0.25, -0.2) is 9.37 Å². The van der Waals surface area contributed by atoms with Crippen LogP contribution in [-0.4, -0.2) is 31.4 Å². The Labute approximate surface area is 131 Å². The number of carbonyl (C=O) groups is 1. The van der Waals surface area contributed by atoms with Gasteiger partial charge in [0, 0.05) is 6.04 Å². The molecule has 2 aromatic heterocycles. The number of aryl methyl sites for hydroxylation is 1. The van der Waals surface area contributed by atoms with Crippen LogP contribution >= 0.6 is 0 Å². The van der Waals surface area contributed by atoms with Crippen LogP contribution in [0.2, 0.25) is 0 Å². The van der Waals surface area contributed by atoms with Gasteiger partial charge in [0.05, 0.1) is 17.3 Å². The van der Waals surface area contributed by atoms with Crippen molar-refractivity contribution >= 4 is 17.4 Å². The zero-order chi connectivity index (χ0) is 16.0. The average molecular weight is 311 g/mol. The van der Waals surface area contributed by atoms with Crippen molar-refractivity contribution in [2.75, 3.05) is 5.32 Å². The van der Waals surface area contributed by atoms with E-state index in [1.54, 1.807) is 19.1 Å². The summed E-state index contributed by atoms with van der Waals surface area (Å²) in [5.74, 6) is 0.0962. The lowest BCUT2D eigenvalue weighted by molar-refractivity contribution is 0.103. The lowest BCUT2D eigenvalue weighted by Crippen LogP contribution is -2.12. The van der Waals surface area contributed by atoms with E-state index >= 15 is 0 Å². The van der Waals surface area contributed by atoms with Crippen molar-refractivity contribution in [3.63, 3.8) is 0 Å². The number of fused-ring (bicyclic) bond motifs is 1. The summed E-state index contributed by atoms with van der Waals surface area (Å²) in [4.78, 5) is 21.3. The van der Waals surface area contributed by atoms with Crippen molar-refractivity contribution in [1.29, 1.82) is 0 Å². The van der Waals surface area contributed by atoms with Gasteiger partial charge < -0.3 is 5.32 Å². The Morgan fingerprint density at radius 3 is 2.78 bits per heavy atom. The van der Waals surface area contributed by atoms with Crippen molar-refractivity contribution in [3.05, 3.63) is 53.2 Å². The Morgan fingerprint density at radius 1 is 1.26 bits per heavy atom. The molecule has 4 rings (SSSR count). The van der Waals surface area contributed by atoms with Gasteiger partial charge in [-0.1, -0.05) is 12.1 Å². The molecule has 0 aliphatic heterocycles. The van der Waals surface area contributed by atoms with Gasteiger partial charge in [0.1, 0.15) is 11.6 Å². The average Bonchev–Trinajstić information content (AvgIpc) is 3.24. The van der Waals surface area contributed by atoms with Crippen LogP contribution in [0.25, 0.3) is 5.65 Å². The first kappa shape index (κ1) is 13.8. The Kier molecular flexibility index (Phi) is 3.07. The van der Waals surface area contributed by atoms with E-state index in [1.165, 1.54) is 22.8 Å². The molecule has 1 saturated carbocycles. The molecule has 0 atom stereocenters. The first-order valence-electron chi connectivity index (χ1n) is 7.41. The highest BCUT2D eigenvalue weighted by Crippen LogP contribution is 2.25. The molecule has 1 aliphatic rings. The Bertz CT molecular complexity index is 916. The molecular formula is C16H14FN5O. The third-order valence-corrected chi connectivity index (χ3v) is 3.75. The van der Waals surface area contributed by atoms with Crippen LogP contribution in [0.1, 0.15) is 34.6 Å². The second-order valence-corrected chi connectivity index (χ2v) is 5.62. The molecular weight excluding hydrogens is 297 g/mol. The van der Waals surface area contributed by atoms with Crippen LogP contribution in [0.3, 0.4) is 0 Å². The Morgan fingerprint density at radius 2 is 2.04 bits per heavy atom. The van der Waals surface area contributed by atoms with Gasteiger partial charge in [-0.05, 0) is 31.9 Å². The lowest BCUT2D eigenvalue weighted by atomic mass is 10.1. The minimum absolute atomic E-state index is 0.00960. The molecule has 1 N–H and O–H groups in total. The normalized spacial score (nSPS) is 14.2. The number of hydrogen-bond donors (Lipinski definition) is 1. The van der Waals surface area contributed by atoms with Crippen molar-refractivity contribution in [2.45, 2.75) is 25.8 Å². The molecule has 0 saturated heterocycles. The summed E-state index contributed by atoms with van der Waals surface area (Å²) < 4.78 is 15.4. The maximum Gasteiger partial charge on any atom is 0.227 e. The van der Waals surface area contributed by atoms with Crippen molar-refractivity contribution in [3.8, 4) is 0 Å². The highest BCUT2D eigenvalue weighted by atomic mass is 19.1. The molecule has 3 aromatic rings. The fourth-order valence-corrected chi connectivity index (χ4v) is 2.44. The quantitative estimate of drug-likeness (QED) is 0.749. The summed E-state index contributed by atoms with van der Waals surface area (Å²) in [5, 5.41) is 7.47. The molecule has 1 aliphatic carbocycles. The number of aromatic nitrogens is 4. The molecule has 0 radical (unpaired) electrons. The van der Waals surface area contributed by atoms with Gasteiger partial charge in [-0.2, -0.15) is 14.6 Å². The third-order valence-electron chi connectivity index (χ3n) is 3.75. The van der Waals surface area contributed by atoms with Gasteiger partial charge in [0.25, 0.3) is 0 Å². The van der Waals surface area contributed by atoms with E-state index in [0.717, 1.165) is 12.8 Å². The Balaban J connectivity index is 1.83. The molecule has 7 heteroatoms. The van der Waals surface area contributed by atoms with Crippen LogP contribution in [0.4, 0.5) is 10.3 Å². The molecule has 116 valence electrons. The molecule has 2 heterocycles. The first-order valence-corrected chi connectivity index (χ1v) is 7.41. The Hall–Kier alpha value is -2.83. The van der Waals surface area contributed by atoms with Crippen LogP contribution in [0.5, 0.6) is 0 Å². The largest absolute Gasteiger partial charge is 0.351 e. The van der Waals surface area contributed by atoms with E-state index < -0.39 is 11.6 Å². The number of hydrogen-bond acceptors (Lipinski definition) is 5. The van der Waals surface area contributed by atoms with E-state index in [4.69, 9.17) is 0 Å². The van der Waals surface area contributed by atoms with Gasteiger partial charge in [0.15, 0.2) is 5.65 Å². The minimum atomic E-state index is -0.557. The predicted molar refractivity (Wildman–Crippen MR) is 82.0 cm³/mol. The fraction of sp³-hybridized carbons (Fsp3) is 0.250. The molecule has 1 fully saturated rings. The van der Waals surface area contributed by atoms with Crippen LogP contribution in [0, 0.1) is 12.7 Å². The van der Waals surface area contributed by atoms with Crippen LogP contribution < -0.4 is 5.32 Å². The van der Waals surface area contributed by atoms with Gasteiger partial charge in [0.2, 0.25) is 11.7 Å². The summed E-state index contributed by atoms with van der Waals surface area (Å²) in [7, 11) is 0. The fourth-order valence-electron chi connectivity index (χ4n) is 2.44. The highest BCUT2D eigenvalue weighted by molar-refractivity contribution is 6.12. The van der Waals surface area contributed by atoms with E-state index in [-0.39, 0.29) is 11.1 Å². The van der Waals surface area contributed by atoms with E-state index in [0.29, 0.717) is 23.5 Å². The minimum Gasteiger partial charge on any atom is -0.351 e. The van der Waals surface area contributed by atoms with Crippen LogP contribution in [-0.2, 0) is 0 Å². The van der Waals surface area contributed by atoms with E-state index in [9.17, 15) is 9.18 Å². The first-order chi connectivity index (χ1) is 11.1. The molecule has 0 unspecified atom stereocenters. The summed E-state index contributed by atoms with van der Waals surface area (Å²) in [6.45, 7) is 1.75. The lowest BCUT2D eigenvalue weighted by Gasteiger charge is -2.07. The second-order valence-electron chi connectivity index (χ2n) is 5.62. The van der Waals surface area contributed by atoms with E-state index in [1.807, 2.05) is 0 Å².